The van der Waals surface area contributed by atoms with Gasteiger partial charge in [0.2, 0.25) is 5.91 Å². The van der Waals surface area contributed by atoms with Crippen LogP contribution >= 0.6 is 0 Å². The van der Waals surface area contributed by atoms with E-state index in [4.69, 9.17) is 0 Å². The van der Waals surface area contributed by atoms with Gasteiger partial charge in [0.05, 0.1) is 11.6 Å². The maximum atomic E-state index is 14.6. The molecule has 8 heteroatoms. The van der Waals surface area contributed by atoms with E-state index >= 15 is 0 Å². The Morgan fingerprint density at radius 1 is 1.09 bits per heavy atom. The Balaban J connectivity index is 1.53. The molecule has 1 heterocycles. The van der Waals surface area contributed by atoms with Gasteiger partial charge in [-0.3, -0.25) is 9.59 Å². The summed E-state index contributed by atoms with van der Waals surface area (Å²) in [5, 5.41) is 2.83. The lowest BCUT2D eigenvalue weighted by atomic mass is 9.99. The highest BCUT2D eigenvalue weighted by atomic mass is 19.4. The molecule has 1 N–H and O–H groups in total. The number of nitrogens with one attached hydrogen (secondary N) is 1. The Hall–Kier alpha value is -2.90. The lowest BCUT2D eigenvalue weighted by molar-refractivity contribution is -0.137. The fourth-order valence-corrected chi connectivity index (χ4v) is 4.31. The topological polar surface area (TPSA) is 49.4 Å². The summed E-state index contributed by atoms with van der Waals surface area (Å²) in [5.74, 6) is -1.67. The Kier molecular flexibility index (Phi) is 5.97. The van der Waals surface area contributed by atoms with Crippen molar-refractivity contribution in [3.63, 3.8) is 0 Å². The van der Waals surface area contributed by atoms with Gasteiger partial charge in [-0.05, 0) is 62.8 Å². The quantitative estimate of drug-likeness (QED) is 0.653. The van der Waals surface area contributed by atoms with E-state index in [1.807, 2.05) is 13.0 Å². The minimum absolute atomic E-state index is 0.0347. The summed E-state index contributed by atoms with van der Waals surface area (Å²) < 4.78 is 53.3. The molecule has 1 saturated heterocycles. The van der Waals surface area contributed by atoms with Crippen molar-refractivity contribution >= 4 is 11.8 Å². The number of amides is 2. The van der Waals surface area contributed by atoms with Crippen molar-refractivity contribution in [3.05, 3.63) is 70.5 Å². The van der Waals surface area contributed by atoms with Gasteiger partial charge in [0.15, 0.2) is 0 Å². The number of benzene rings is 2. The first kappa shape index (κ1) is 22.3. The average Bonchev–Trinajstić information content (AvgIpc) is 3.46. The molecule has 0 spiro atoms. The molecule has 2 aliphatic rings. The number of alkyl halides is 3. The molecule has 32 heavy (non-hydrogen) atoms. The van der Waals surface area contributed by atoms with E-state index in [0.29, 0.717) is 31.0 Å². The lowest BCUT2D eigenvalue weighted by Gasteiger charge is -2.27. The molecule has 2 amide bonds. The van der Waals surface area contributed by atoms with Gasteiger partial charge >= 0.3 is 6.18 Å². The van der Waals surface area contributed by atoms with E-state index in [9.17, 15) is 27.2 Å². The van der Waals surface area contributed by atoms with Crippen LogP contribution in [0.3, 0.4) is 0 Å². The number of hydrogen-bond donors (Lipinski definition) is 1. The van der Waals surface area contributed by atoms with Crippen LogP contribution in [-0.4, -0.2) is 29.3 Å². The average molecular weight is 448 g/mol. The number of carbonyl (C=O) groups excluding carboxylic acids is 2. The fraction of sp³-hybridized carbons (Fsp3) is 0.417. The molecule has 1 saturated carbocycles. The van der Waals surface area contributed by atoms with Crippen molar-refractivity contribution in [3.8, 4) is 0 Å². The first-order valence-corrected chi connectivity index (χ1v) is 10.7. The predicted octanol–water partition coefficient (Wildman–Crippen LogP) is 5.03. The van der Waals surface area contributed by atoms with Gasteiger partial charge in [0.25, 0.3) is 5.91 Å². The summed E-state index contributed by atoms with van der Waals surface area (Å²) in [6.45, 7) is 2.32. The molecule has 2 atom stereocenters. The molecule has 1 aliphatic carbocycles. The summed E-state index contributed by atoms with van der Waals surface area (Å²) in [7, 11) is 0. The molecule has 1 unspecified atom stereocenters. The second kappa shape index (κ2) is 8.56. The normalized spacial score (nSPS) is 19.7. The summed E-state index contributed by atoms with van der Waals surface area (Å²) >= 11 is 0. The third-order valence-corrected chi connectivity index (χ3v) is 6.14. The molecule has 1 aliphatic heterocycles. The summed E-state index contributed by atoms with van der Waals surface area (Å²) in [4.78, 5) is 27.6. The zero-order valence-corrected chi connectivity index (χ0v) is 17.6. The molecule has 0 radical (unpaired) electrons. The maximum absolute atomic E-state index is 14.6. The summed E-state index contributed by atoms with van der Waals surface area (Å²) in [6.07, 6.45) is -1.99. The van der Waals surface area contributed by atoms with Gasteiger partial charge in [0, 0.05) is 17.7 Å². The number of rotatable bonds is 5. The Labute approximate surface area is 183 Å². The molecule has 0 aromatic heterocycles. The molecule has 0 bridgehead atoms. The van der Waals surface area contributed by atoms with E-state index < -0.39 is 35.5 Å². The monoisotopic (exact) mass is 448 g/mol. The van der Waals surface area contributed by atoms with E-state index in [2.05, 4.69) is 5.32 Å². The molecular weight excluding hydrogens is 424 g/mol. The molecular formula is C24H24F4N2O2. The van der Waals surface area contributed by atoms with Crippen LogP contribution in [0.1, 0.15) is 58.8 Å². The molecule has 2 aromatic rings. The number of likely N-dealkylation sites (tertiary alicyclic amines) is 1. The lowest BCUT2D eigenvalue weighted by Crippen LogP contribution is -2.47. The number of hydrogen-bond acceptors (Lipinski definition) is 2. The van der Waals surface area contributed by atoms with Gasteiger partial charge in [-0.25, -0.2) is 4.39 Å². The van der Waals surface area contributed by atoms with E-state index in [1.165, 1.54) is 4.90 Å². The van der Waals surface area contributed by atoms with Crippen molar-refractivity contribution in [1.82, 2.24) is 10.2 Å². The standard InChI is InChI=1S/C24H24F4N2O2/c1-14-4-2-5-16(12-14)23(32)30-11-3-6-20(30)22(31)29-21(15-7-8-15)18-10-9-17(13-19(18)25)24(26,27)28/h2,4-5,9-10,12-13,15,20-21H,3,6-8,11H2,1H3,(H,29,31)/t20-,21?/m1/s1. The maximum Gasteiger partial charge on any atom is 0.416 e. The highest BCUT2D eigenvalue weighted by molar-refractivity contribution is 5.98. The number of nitrogens with zero attached hydrogens (tertiary/aromatic N) is 1. The summed E-state index contributed by atoms with van der Waals surface area (Å²) in [5.41, 5.74) is 0.411. The van der Waals surface area contributed by atoms with Crippen LogP contribution in [-0.2, 0) is 11.0 Å². The largest absolute Gasteiger partial charge is 0.416 e. The Morgan fingerprint density at radius 2 is 1.84 bits per heavy atom. The van der Waals surface area contributed by atoms with E-state index in [1.54, 1.807) is 18.2 Å². The molecule has 4 rings (SSSR count). The first-order valence-electron chi connectivity index (χ1n) is 10.7. The van der Waals surface area contributed by atoms with Gasteiger partial charge in [-0.15, -0.1) is 0 Å². The van der Waals surface area contributed by atoms with E-state index in [-0.39, 0.29) is 17.4 Å². The van der Waals surface area contributed by atoms with Crippen LogP contribution in [0, 0.1) is 18.7 Å². The molecule has 2 aromatic carbocycles. The zero-order chi connectivity index (χ0) is 23.0. The second-order valence-electron chi connectivity index (χ2n) is 8.58. The Morgan fingerprint density at radius 3 is 2.47 bits per heavy atom. The van der Waals surface area contributed by atoms with Crippen LogP contribution in [0.4, 0.5) is 17.6 Å². The molecule has 4 nitrogen and oxygen atoms in total. The highest BCUT2D eigenvalue weighted by Crippen LogP contribution is 2.43. The highest BCUT2D eigenvalue weighted by Gasteiger charge is 2.40. The Bertz CT molecular complexity index is 1030. The van der Waals surface area contributed by atoms with Gasteiger partial charge in [-0.2, -0.15) is 13.2 Å². The summed E-state index contributed by atoms with van der Waals surface area (Å²) in [6, 6.07) is 8.12. The van der Waals surface area contributed by atoms with E-state index in [0.717, 1.165) is 30.5 Å². The van der Waals surface area contributed by atoms with Crippen molar-refractivity contribution in [2.24, 2.45) is 5.92 Å². The first-order chi connectivity index (χ1) is 15.1. The minimum atomic E-state index is -4.64. The number of aryl methyl sites for hydroxylation is 1. The van der Waals surface area contributed by atoms with Crippen molar-refractivity contribution in [1.29, 1.82) is 0 Å². The van der Waals surface area contributed by atoms with Crippen LogP contribution in [0.5, 0.6) is 0 Å². The van der Waals surface area contributed by atoms with Crippen LogP contribution < -0.4 is 5.32 Å². The number of carbonyl (C=O) groups is 2. The smallest absolute Gasteiger partial charge is 0.347 e. The minimum Gasteiger partial charge on any atom is -0.347 e. The molecule has 2 fully saturated rings. The van der Waals surface area contributed by atoms with Crippen LogP contribution in [0.25, 0.3) is 0 Å². The van der Waals surface area contributed by atoms with Gasteiger partial charge in [0.1, 0.15) is 11.9 Å². The van der Waals surface area contributed by atoms with Crippen molar-refractivity contribution in [2.75, 3.05) is 6.54 Å². The van der Waals surface area contributed by atoms with Gasteiger partial charge < -0.3 is 10.2 Å². The zero-order valence-electron chi connectivity index (χ0n) is 17.6. The molecule has 170 valence electrons. The predicted molar refractivity (Wildman–Crippen MR) is 110 cm³/mol. The SMILES string of the molecule is Cc1cccc(C(=O)N2CCC[C@@H]2C(=O)NC(c2ccc(C(F)(F)F)cc2F)C2CC2)c1. The second-order valence-corrected chi connectivity index (χ2v) is 8.58. The van der Waals surface area contributed by atoms with Crippen molar-refractivity contribution < 1.29 is 27.2 Å². The van der Waals surface area contributed by atoms with Gasteiger partial charge in [-0.1, -0.05) is 23.8 Å². The van der Waals surface area contributed by atoms with Crippen LogP contribution in [0.2, 0.25) is 0 Å². The third kappa shape index (κ3) is 4.64. The fourth-order valence-electron chi connectivity index (χ4n) is 4.31. The van der Waals surface area contributed by atoms with Crippen LogP contribution in [0.15, 0.2) is 42.5 Å². The third-order valence-electron chi connectivity index (χ3n) is 6.14. The van der Waals surface area contributed by atoms with Crippen molar-refractivity contribution in [2.45, 2.75) is 50.9 Å². The number of halogens is 4.